The van der Waals surface area contributed by atoms with Gasteiger partial charge in [-0.1, -0.05) is 30.3 Å². The molecule has 14 heavy (non-hydrogen) atoms. The zero-order chi connectivity index (χ0) is 10.6. The van der Waals surface area contributed by atoms with Crippen LogP contribution in [0.2, 0.25) is 0 Å². The lowest BCUT2D eigenvalue weighted by molar-refractivity contribution is 0.502. The first kappa shape index (κ1) is 11.5. The zero-order valence-electron chi connectivity index (χ0n) is 7.33. The molecule has 1 unspecified atom stereocenters. The fourth-order valence-electron chi connectivity index (χ4n) is 1.05. The summed E-state index contributed by atoms with van der Waals surface area (Å²) in [6, 6.07) is 8.96. The Morgan fingerprint density at radius 2 is 1.93 bits per heavy atom. The topological polar surface area (TPSA) is 80.4 Å². The molecule has 0 aliphatic rings. The van der Waals surface area contributed by atoms with Crippen LogP contribution in [-0.4, -0.2) is 19.5 Å². The Morgan fingerprint density at radius 3 is 2.36 bits per heavy atom. The fourth-order valence-corrected chi connectivity index (χ4v) is 3.14. The Labute approximate surface area is 86.7 Å². The van der Waals surface area contributed by atoms with Gasteiger partial charge in [-0.2, -0.15) is 8.42 Å². The van der Waals surface area contributed by atoms with Crippen molar-refractivity contribution in [3.05, 3.63) is 35.9 Å². The number of nitrogens with two attached hydrogens (primary N) is 1. The molecule has 0 radical (unpaired) electrons. The van der Waals surface area contributed by atoms with Crippen LogP contribution in [0.15, 0.2) is 30.3 Å². The standard InChI is InChI=1S/C8H11NO3S2/c9-6-8(13-14(10,11)12)7-4-2-1-3-5-7/h1-5,8H,6,9H2,(H,10,11,12). The Hall–Kier alpha value is -0.560. The van der Waals surface area contributed by atoms with E-state index in [1.54, 1.807) is 24.3 Å². The minimum absolute atomic E-state index is 0.161. The van der Waals surface area contributed by atoms with Gasteiger partial charge < -0.3 is 5.73 Å². The van der Waals surface area contributed by atoms with Crippen LogP contribution in [0.25, 0.3) is 0 Å². The summed E-state index contributed by atoms with van der Waals surface area (Å²) in [5.41, 5.74) is 6.21. The van der Waals surface area contributed by atoms with Gasteiger partial charge in [0.1, 0.15) is 0 Å². The first-order valence-electron chi connectivity index (χ1n) is 3.93. The first-order chi connectivity index (χ1) is 6.53. The molecule has 4 nitrogen and oxygen atoms in total. The molecule has 0 saturated carbocycles. The van der Waals surface area contributed by atoms with Crippen LogP contribution in [0, 0.1) is 0 Å². The summed E-state index contributed by atoms with van der Waals surface area (Å²) in [5, 5.41) is -0.425. The van der Waals surface area contributed by atoms with E-state index in [9.17, 15) is 8.42 Å². The van der Waals surface area contributed by atoms with E-state index in [2.05, 4.69) is 0 Å². The van der Waals surface area contributed by atoms with Gasteiger partial charge in [-0.15, -0.1) is 0 Å². The van der Waals surface area contributed by atoms with E-state index in [0.29, 0.717) is 10.8 Å². The van der Waals surface area contributed by atoms with Crippen LogP contribution >= 0.6 is 10.8 Å². The fraction of sp³-hybridized carbons (Fsp3) is 0.250. The van der Waals surface area contributed by atoms with E-state index < -0.39 is 14.4 Å². The van der Waals surface area contributed by atoms with Gasteiger partial charge in [0.15, 0.2) is 0 Å². The molecular weight excluding hydrogens is 222 g/mol. The van der Waals surface area contributed by atoms with Gasteiger partial charge in [0.2, 0.25) is 0 Å². The number of rotatable bonds is 4. The highest BCUT2D eigenvalue weighted by Gasteiger charge is 2.17. The Bertz CT molecular complexity index is 377. The lowest BCUT2D eigenvalue weighted by atomic mass is 10.1. The Kier molecular flexibility index (Phi) is 3.94. The SMILES string of the molecule is NCC(SS(=O)(=O)O)c1ccccc1. The molecule has 3 N–H and O–H groups in total. The summed E-state index contributed by atoms with van der Waals surface area (Å²) in [4.78, 5) is 0. The van der Waals surface area contributed by atoms with Gasteiger partial charge in [0.25, 0.3) is 0 Å². The third kappa shape index (κ3) is 3.67. The highest BCUT2D eigenvalue weighted by Crippen LogP contribution is 2.31. The third-order valence-electron chi connectivity index (χ3n) is 1.62. The van der Waals surface area contributed by atoms with Gasteiger partial charge in [-0.3, -0.25) is 4.55 Å². The second kappa shape index (κ2) is 4.79. The van der Waals surface area contributed by atoms with Crippen molar-refractivity contribution in [1.29, 1.82) is 0 Å². The predicted molar refractivity (Wildman–Crippen MR) is 57.4 cm³/mol. The molecule has 0 bridgehead atoms. The van der Waals surface area contributed by atoms with Crippen LogP contribution in [-0.2, 0) is 9.15 Å². The van der Waals surface area contributed by atoms with E-state index in [4.69, 9.17) is 10.3 Å². The molecular formula is C8H11NO3S2. The second-order valence-electron chi connectivity index (χ2n) is 2.66. The molecule has 0 fully saturated rings. The van der Waals surface area contributed by atoms with Gasteiger partial charge in [-0.25, -0.2) is 0 Å². The van der Waals surface area contributed by atoms with Crippen molar-refractivity contribution in [3.63, 3.8) is 0 Å². The largest absolute Gasteiger partial charge is 0.329 e. The molecule has 0 aliphatic heterocycles. The molecule has 0 amide bonds. The van der Waals surface area contributed by atoms with Gasteiger partial charge in [-0.05, 0) is 5.56 Å². The third-order valence-corrected chi connectivity index (χ3v) is 3.99. The summed E-state index contributed by atoms with van der Waals surface area (Å²) in [6.07, 6.45) is 0. The predicted octanol–water partition coefficient (Wildman–Crippen LogP) is 1.22. The summed E-state index contributed by atoms with van der Waals surface area (Å²) in [6.45, 7) is 0.161. The maximum atomic E-state index is 10.6. The number of benzene rings is 1. The minimum Gasteiger partial charge on any atom is -0.329 e. The van der Waals surface area contributed by atoms with Crippen molar-refractivity contribution >= 4 is 19.9 Å². The monoisotopic (exact) mass is 233 g/mol. The van der Waals surface area contributed by atoms with Crippen LogP contribution in [0.3, 0.4) is 0 Å². The molecule has 0 aliphatic carbocycles. The van der Waals surface area contributed by atoms with Crippen molar-refractivity contribution in [2.45, 2.75) is 5.25 Å². The average molecular weight is 233 g/mol. The van der Waals surface area contributed by atoms with Crippen molar-refractivity contribution < 1.29 is 13.0 Å². The average Bonchev–Trinajstić information content (AvgIpc) is 2.14. The summed E-state index contributed by atoms with van der Waals surface area (Å²) in [7, 11) is -3.59. The molecule has 0 aromatic heterocycles. The summed E-state index contributed by atoms with van der Waals surface area (Å²) in [5.74, 6) is 0. The van der Waals surface area contributed by atoms with Crippen molar-refractivity contribution in [1.82, 2.24) is 0 Å². The number of hydrogen-bond donors (Lipinski definition) is 2. The quantitative estimate of drug-likeness (QED) is 0.603. The maximum Gasteiger partial charge on any atom is 0.320 e. The molecule has 0 saturated heterocycles. The Balaban J connectivity index is 2.84. The van der Waals surface area contributed by atoms with Crippen molar-refractivity contribution in [2.24, 2.45) is 5.73 Å². The molecule has 0 spiro atoms. The van der Waals surface area contributed by atoms with Crippen LogP contribution in [0.4, 0.5) is 0 Å². The summed E-state index contributed by atoms with van der Waals surface area (Å²) < 4.78 is 29.9. The van der Waals surface area contributed by atoms with Crippen LogP contribution < -0.4 is 5.73 Å². The first-order valence-corrected chi connectivity index (χ1v) is 6.77. The highest BCUT2D eigenvalue weighted by atomic mass is 33.1. The lowest BCUT2D eigenvalue weighted by Gasteiger charge is -2.11. The molecule has 1 atom stereocenters. The molecule has 0 heterocycles. The Morgan fingerprint density at radius 1 is 1.36 bits per heavy atom. The highest BCUT2D eigenvalue weighted by molar-refractivity contribution is 8.70. The maximum absolute atomic E-state index is 10.6. The van der Waals surface area contributed by atoms with Crippen molar-refractivity contribution in [3.8, 4) is 0 Å². The second-order valence-corrected chi connectivity index (χ2v) is 6.12. The van der Waals surface area contributed by atoms with Gasteiger partial charge >= 0.3 is 9.15 Å². The van der Waals surface area contributed by atoms with Crippen molar-refractivity contribution in [2.75, 3.05) is 6.54 Å². The van der Waals surface area contributed by atoms with Crippen LogP contribution in [0.5, 0.6) is 0 Å². The molecule has 1 aromatic carbocycles. The zero-order valence-corrected chi connectivity index (χ0v) is 8.96. The molecule has 1 aromatic rings. The minimum atomic E-state index is -4.05. The van der Waals surface area contributed by atoms with Crippen LogP contribution in [0.1, 0.15) is 10.8 Å². The molecule has 6 heteroatoms. The summed E-state index contributed by atoms with van der Waals surface area (Å²) >= 11 is 0. The van der Waals surface area contributed by atoms with E-state index in [-0.39, 0.29) is 6.54 Å². The molecule has 1 rings (SSSR count). The van der Waals surface area contributed by atoms with E-state index in [1.165, 1.54) is 0 Å². The lowest BCUT2D eigenvalue weighted by Crippen LogP contribution is -2.11. The normalized spacial score (nSPS) is 13.9. The van der Waals surface area contributed by atoms with Gasteiger partial charge in [0.05, 0.1) is 5.25 Å². The van der Waals surface area contributed by atoms with E-state index >= 15 is 0 Å². The molecule has 78 valence electrons. The number of hydrogen-bond acceptors (Lipinski definition) is 4. The van der Waals surface area contributed by atoms with E-state index in [0.717, 1.165) is 5.56 Å². The smallest absolute Gasteiger partial charge is 0.320 e. The van der Waals surface area contributed by atoms with Gasteiger partial charge in [0, 0.05) is 17.3 Å². The van der Waals surface area contributed by atoms with E-state index in [1.807, 2.05) is 6.07 Å².